The Morgan fingerprint density at radius 1 is 1.39 bits per heavy atom. The largest absolute Gasteiger partial charge is 0.349 e. The van der Waals surface area contributed by atoms with Gasteiger partial charge >= 0.3 is 5.69 Å². The van der Waals surface area contributed by atoms with Crippen LogP contribution in [0, 0.1) is 21.7 Å². The SMILES string of the molecule is O=C(NC1CCC1)c1cc(F)cc([N+](=O)[O-])c1F. The summed E-state index contributed by atoms with van der Waals surface area (Å²) in [5, 5.41) is 13.0. The smallest absolute Gasteiger partial charge is 0.308 e. The van der Waals surface area contributed by atoms with Gasteiger partial charge < -0.3 is 5.32 Å². The van der Waals surface area contributed by atoms with Crippen LogP contribution in [-0.4, -0.2) is 16.9 Å². The highest BCUT2D eigenvalue weighted by atomic mass is 19.1. The molecule has 96 valence electrons. The number of nitro benzene ring substituents is 1. The summed E-state index contributed by atoms with van der Waals surface area (Å²) in [6.07, 6.45) is 2.53. The van der Waals surface area contributed by atoms with E-state index in [-0.39, 0.29) is 6.04 Å². The highest BCUT2D eigenvalue weighted by Gasteiger charge is 2.27. The van der Waals surface area contributed by atoms with Gasteiger partial charge in [-0.1, -0.05) is 0 Å². The van der Waals surface area contributed by atoms with Crippen LogP contribution in [0.2, 0.25) is 0 Å². The summed E-state index contributed by atoms with van der Waals surface area (Å²) >= 11 is 0. The summed E-state index contributed by atoms with van der Waals surface area (Å²) < 4.78 is 26.8. The van der Waals surface area contributed by atoms with Gasteiger partial charge in [0.2, 0.25) is 5.82 Å². The van der Waals surface area contributed by atoms with Gasteiger partial charge in [0.15, 0.2) is 0 Å². The number of nitrogens with zero attached hydrogens (tertiary/aromatic N) is 1. The first-order valence-corrected chi connectivity index (χ1v) is 5.43. The molecule has 0 saturated heterocycles. The predicted octanol–water partition coefficient (Wildman–Crippen LogP) is 2.16. The first-order valence-electron chi connectivity index (χ1n) is 5.43. The Bertz CT molecular complexity index is 515. The van der Waals surface area contributed by atoms with Crippen molar-refractivity contribution in [2.24, 2.45) is 0 Å². The molecule has 18 heavy (non-hydrogen) atoms. The first-order chi connectivity index (χ1) is 8.49. The van der Waals surface area contributed by atoms with Crippen molar-refractivity contribution >= 4 is 11.6 Å². The van der Waals surface area contributed by atoms with Crippen LogP contribution in [0.4, 0.5) is 14.5 Å². The van der Waals surface area contributed by atoms with E-state index in [0.29, 0.717) is 12.1 Å². The van der Waals surface area contributed by atoms with Gasteiger partial charge in [-0.15, -0.1) is 0 Å². The van der Waals surface area contributed by atoms with E-state index in [9.17, 15) is 23.7 Å². The maximum absolute atomic E-state index is 13.7. The lowest BCUT2D eigenvalue weighted by atomic mass is 9.93. The standard InChI is InChI=1S/C11H10F2N2O3/c12-6-4-8(10(13)9(5-6)15(17)18)11(16)14-7-2-1-3-7/h4-5,7H,1-3H2,(H,14,16). The average molecular weight is 256 g/mol. The van der Waals surface area contributed by atoms with Crippen LogP contribution in [0.5, 0.6) is 0 Å². The lowest BCUT2D eigenvalue weighted by molar-refractivity contribution is -0.387. The highest BCUT2D eigenvalue weighted by molar-refractivity contribution is 5.95. The quantitative estimate of drug-likeness (QED) is 0.665. The molecule has 1 fully saturated rings. The molecule has 2 rings (SSSR count). The molecule has 0 atom stereocenters. The maximum atomic E-state index is 13.7. The van der Waals surface area contributed by atoms with E-state index in [1.54, 1.807) is 0 Å². The van der Waals surface area contributed by atoms with Gasteiger partial charge in [-0.3, -0.25) is 14.9 Å². The molecule has 7 heteroatoms. The van der Waals surface area contributed by atoms with Crippen molar-refractivity contribution in [3.05, 3.63) is 39.4 Å². The number of nitro groups is 1. The molecule has 1 aliphatic carbocycles. The fourth-order valence-corrected chi connectivity index (χ4v) is 1.69. The number of nitrogens with one attached hydrogen (secondary N) is 1. The second-order valence-corrected chi connectivity index (χ2v) is 4.14. The van der Waals surface area contributed by atoms with Gasteiger partial charge in [-0.05, 0) is 25.3 Å². The number of halogens is 2. The minimum absolute atomic E-state index is 0.0563. The second kappa shape index (κ2) is 4.67. The van der Waals surface area contributed by atoms with Crippen LogP contribution >= 0.6 is 0 Å². The molecule has 0 radical (unpaired) electrons. The van der Waals surface area contributed by atoms with E-state index in [0.717, 1.165) is 19.3 Å². The molecule has 1 aliphatic rings. The van der Waals surface area contributed by atoms with Crippen molar-refractivity contribution in [2.75, 3.05) is 0 Å². The molecule has 0 aromatic heterocycles. The van der Waals surface area contributed by atoms with Crippen molar-refractivity contribution in [1.29, 1.82) is 0 Å². The summed E-state index contributed by atoms with van der Waals surface area (Å²) in [4.78, 5) is 21.1. The number of hydrogen-bond acceptors (Lipinski definition) is 3. The monoisotopic (exact) mass is 256 g/mol. The Kier molecular flexibility index (Phi) is 3.22. The van der Waals surface area contributed by atoms with E-state index in [1.165, 1.54) is 0 Å². The number of carbonyl (C=O) groups is 1. The zero-order chi connectivity index (χ0) is 13.3. The Morgan fingerprint density at radius 2 is 2.06 bits per heavy atom. The number of benzene rings is 1. The predicted molar refractivity (Wildman–Crippen MR) is 58.1 cm³/mol. The third-order valence-corrected chi connectivity index (χ3v) is 2.90. The summed E-state index contributed by atoms with van der Waals surface area (Å²) in [7, 11) is 0. The van der Waals surface area contributed by atoms with Crippen LogP contribution in [-0.2, 0) is 0 Å². The van der Waals surface area contributed by atoms with Crippen LogP contribution in [0.15, 0.2) is 12.1 Å². The van der Waals surface area contributed by atoms with Crippen molar-refractivity contribution < 1.29 is 18.5 Å². The summed E-state index contributed by atoms with van der Waals surface area (Å²) in [6.45, 7) is 0. The van der Waals surface area contributed by atoms with Crippen LogP contribution in [0.3, 0.4) is 0 Å². The van der Waals surface area contributed by atoms with Crippen molar-refractivity contribution in [3.63, 3.8) is 0 Å². The van der Waals surface area contributed by atoms with E-state index in [1.807, 2.05) is 0 Å². The van der Waals surface area contributed by atoms with Gasteiger partial charge in [0.1, 0.15) is 5.82 Å². The third-order valence-electron chi connectivity index (χ3n) is 2.90. The molecule has 1 N–H and O–H groups in total. The van der Waals surface area contributed by atoms with Gasteiger partial charge in [-0.25, -0.2) is 4.39 Å². The number of rotatable bonds is 3. The number of amides is 1. The molecular formula is C11H10F2N2O3. The van der Waals surface area contributed by atoms with Crippen molar-refractivity contribution in [1.82, 2.24) is 5.32 Å². The third kappa shape index (κ3) is 2.29. The summed E-state index contributed by atoms with van der Waals surface area (Å²) in [5.41, 5.74) is -1.66. The van der Waals surface area contributed by atoms with E-state index < -0.39 is 33.7 Å². The average Bonchev–Trinajstić information content (AvgIpc) is 2.25. The normalized spacial score (nSPS) is 15.0. The molecule has 0 aliphatic heterocycles. The number of carbonyl (C=O) groups excluding carboxylic acids is 1. The fraction of sp³-hybridized carbons (Fsp3) is 0.364. The van der Waals surface area contributed by atoms with Gasteiger partial charge in [0.25, 0.3) is 5.91 Å². The molecular weight excluding hydrogens is 246 g/mol. The Hall–Kier alpha value is -2.05. The van der Waals surface area contributed by atoms with E-state index in [4.69, 9.17) is 0 Å². The molecule has 0 spiro atoms. The molecule has 1 amide bonds. The molecule has 1 saturated carbocycles. The minimum atomic E-state index is -1.31. The van der Waals surface area contributed by atoms with Crippen molar-refractivity contribution in [2.45, 2.75) is 25.3 Å². The topological polar surface area (TPSA) is 72.2 Å². The second-order valence-electron chi connectivity index (χ2n) is 4.14. The minimum Gasteiger partial charge on any atom is -0.349 e. The van der Waals surface area contributed by atoms with Gasteiger partial charge in [0.05, 0.1) is 16.6 Å². The highest BCUT2D eigenvalue weighted by Crippen LogP contribution is 2.24. The molecule has 1 aromatic carbocycles. The Balaban J connectivity index is 2.31. The molecule has 0 unspecified atom stereocenters. The van der Waals surface area contributed by atoms with E-state index in [2.05, 4.69) is 5.32 Å². The first kappa shape index (κ1) is 12.4. The molecule has 0 heterocycles. The lowest BCUT2D eigenvalue weighted by Crippen LogP contribution is -2.39. The van der Waals surface area contributed by atoms with Gasteiger partial charge in [0, 0.05) is 6.04 Å². The molecule has 1 aromatic rings. The maximum Gasteiger partial charge on any atom is 0.308 e. The molecule has 0 bridgehead atoms. The Morgan fingerprint density at radius 3 is 2.56 bits per heavy atom. The zero-order valence-electron chi connectivity index (χ0n) is 9.28. The van der Waals surface area contributed by atoms with Gasteiger partial charge in [-0.2, -0.15) is 4.39 Å². The van der Waals surface area contributed by atoms with Crippen LogP contribution in [0.25, 0.3) is 0 Å². The summed E-state index contributed by atoms with van der Waals surface area (Å²) in [6, 6.07) is 1.06. The van der Waals surface area contributed by atoms with E-state index >= 15 is 0 Å². The van der Waals surface area contributed by atoms with Crippen molar-refractivity contribution in [3.8, 4) is 0 Å². The lowest BCUT2D eigenvalue weighted by Gasteiger charge is -2.26. The zero-order valence-corrected chi connectivity index (χ0v) is 9.28. The Labute approximate surface area is 101 Å². The van der Waals surface area contributed by atoms with Crippen LogP contribution < -0.4 is 5.32 Å². The fourth-order valence-electron chi connectivity index (χ4n) is 1.69. The number of hydrogen-bond donors (Lipinski definition) is 1. The molecule has 5 nitrogen and oxygen atoms in total. The van der Waals surface area contributed by atoms with Crippen LogP contribution in [0.1, 0.15) is 29.6 Å². The summed E-state index contributed by atoms with van der Waals surface area (Å²) in [5.74, 6) is -3.14.